The van der Waals surface area contributed by atoms with Crippen molar-refractivity contribution in [2.75, 3.05) is 12.4 Å². The molecule has 2 rings (SSSR count). The molecule has 10 heteroatoms. The van der Waals surface area contributed by atoms with Crippen LogP contribution in [0.2, 0.25) is 5.02 Å². The van der Waals surface area contributed by atoms with Crippen molar-refractivity contribution >= 4 is 40.6 Å². The number of methoxy groups -OCH3 is 1. The number of carbonyl (C=O) groups excluding carboxylic acids is 1. The molecule has 1 amide bonds. The molecule has 0 aliphatic heterocycles. The summed E-state index contributed by atoms with van der Waals surface area (Å²) in [5.41, 5.74) is -0.329. The molecule has 0 saturated heterocycles. The second kappa shape index (κ2) is 8.13. The van der Waals surface area contributed by atoms with Gasteiger partial charge in [0.05, 0.1) is 27.6 Å². The molecule has 0 bridgehead atoms. The normalized spacial score (nSPS) is 10.6. The summed E-state index contributed by atoms with van der Waals surface area (Å²) in [6, 6.07) is 7.96. The maximum Gasteiger partial charge on any atom is 0.311 e. The molecule has 0 fully saturated rings. The first kappa shape index (κ1) is 18.9. The predicted molar refractivity (Wildman–Crippen MR) is 90.9 cm³/mol. The molecule has 0 radical (unpaired) electrons. The lowest BCUT2D eigenvalue weighted by Crippen LogP contribution is -2.13. The van der Waals surface area contributed by atoms with E-state index in [1.807, 2.05) is 0 Å². The van der Waals surface area contributed by atoms with Gasteiger partial charge < -0.3 is 10.1 Å². The maximum atomic E-state index is 12.7. The van der Waals surface area contributed by atoms with Crippen molar-refractivity contribution < 1.29 is 23.2 Å². The van der Waals surface area contributed by atoms with Crippen LogP contribution in [0.5, 0.6) is 5.75 Å². The lowest BCUT2D eigenvalue weighted by atomic mass is 10.1. The van der Waals surface area contributed by atoms with Crippen LogP contribution in [-0.2, 0) is 0 Å². The Morgan fingerprint density at radius 1 is 1.36 bits per heavy atom. The number of alkyl halides is 2. The van der Waals surface area contributed by atoms with Gasteiger partial charge in [-0.2, -0.15) is 8.78 Å². The highest BCUT2D eigenvalue weighted by Gasteiger charge is 2.20. The zero-order valence-electron chi connectivity index (χ0n) is 12.7. The summed E-state index contributed by atoms with van der Waals surface area (Å²) in [6.45, 7) is 0. The smallest absolute Gasteiger partial charge is 0.311 e. The number of amides is 1. The Kier molecular flexibility index (Phi) is 6.16. The Labute approximate surface area is 150 Å². The Morgan fingerprint density at radius 3 is 2.68 bits per heavy atom. The Balaban J connectivity index is 2.33. The Bertz CT molecular complexity index is 820. The standard InChI is InChI=1S/C15H11ClF2N2O4S/c1-24-12-6-5-8(7-11(12)20(22)23)14(21)19-10-4-2-3-9(16)13(10)25-15(17)18/h2-7,15H,1H3,(H,19,21). The number of halogens is 3. The topological polar surface area (TPSA) is 81.5 Å². The SMILES string of the molecule is COc1ccc(C(=O)Nc2cccc(Cl)c2SC(F)F)cc1[N+](=O)[O-]. The van der Waals surface area contributed by atoms with Gasteiger partial charge >= 0.3 is 5.69 Å². The molecule has 6 nitrogen and oxygen atoms in total. The molecule has 0 atom stereocenters. The first-order chi connectivity index (χ1) is 11.8. The number of hydrogen-bond donors (Lipinski definition) is 1. The highest BCUT2D eigenvalue weighted by atomic mass is 35.5. The first-order valence-electron chi connectivity index (χ1n) is 6.70. The average Bonchev–Trinajstić information content (AvgIpc) is 2.57. The number of ether oxygens (including phenoxy) is 1. The fourth-order valence-electron chi connectivity index (χ4n) is 1.98. The third-order valence-corrected chi connectivity index (χ3v) is 4.34. The summed E-state index contributed by atoms with van der Waals surface area (Å²) in [6.07, 6.45) is 0. The number of nitro groups is 1. The molecule has 0 spiro atoms. The molecular formula is C15H11ClF2N2O4S. The number of nitrogens with zero attached hydrogens (tertiary/aromatic N) is 1. The molecule has 0 saturated carbocycles. The van der Waals surface area contributed by atoms with Crippen molar-refractivity contribution in [3.05, 3.63) is 57.1 Å². The molecule has 0 heterocycles. The van der Waals surface area contributed by atoms with E-state index < -0.39 is 16.6 Å². The number of hydrogen-bond acceptors (Lipinski definition) is 5. The maximum absolute atomic E-state index is 12.7. The number of nitro benzene ring substituents is 1. The zero-order valence-corrected chi connectivity index (χ0v) is 14.2. The van der Waals surface area contributed by atoms with Gasteiger partial charge in [-0.15, -0.1) is 0 Å². The quantitative estimate of drug-likeness (QED) is 0.435. The van der Waals surface area contributed by atoms with E-state index >= 15 is 0 Å². The van der Waals surface area contributed by atoms with Gasteiger partial charge in [0, 0.05) is 11.6 Å². The molecule has 132 valence electrons. The minimum absolute atomic E-state index is 0.00162. The number of nitrogens with one attached hydrogen (secondary N) is 1. The van der Waals surface area contributed by atoms with Crippen molar-refractivity contribution in [1.29, 1.82) is 0 Å². The molecule has 0 aliphatic carbocycles. The van der Waals surface area contributed by atoms with E-state index in [0.717, 1.165) is 6.07 Å². The van der Waals surface area contributed by atoms with Crippen LogP contribution in [0.3, 0.4) is 0 Å². The third-order valence-electron chi connectivity index (χ3n) is 3.06. The van der Waals surface area contributed by atoms with E-state index in [1.54, 1.807) is 0 Å². The summed E-state index contributed by atoms with van der Waals surface area (Å²) in [5.74, 6) is -3.43. The van der Waals surface area contributed by atoms with E-state index in [2.05, 4.69) is 5.32 Å². The molecule has 2 aromatic rings. The number of rotatable bonds is 6. The van der Waals surface area contributed by atoms with E-state index in [1.165, 1.54) is 37.4 Å². The Morgan fingerprint density at radius 2 is 2.08 bits per heavy atom. The summed E-state index contributed by atoms with van der Waals surface area (Å²) in [5, 5.41) is 13.5. The number of thioether (sulfide) groups is 1. The van der Waals surface area contributed by atoms with Gasteiger partial charge in [-0.1, -0.05) is 29.4 Å². The van der Waals surface area contributed by atoms with E-state index in [0.29, 0.717) is 0 Å². The van der Waals surface area contributed by atoms with Crippen LogP contribution in [0, 0.1) is 10.1 Å². The second-order valence-corrected chi connectivity index (χ2v) is 6.00. The minimum Gasteiger partial charge on any atom is -0.490 e. The number of carbonyl (C=O) groups is 1. The van der Waals surface area contributed by atoms with Crippen LogP contribution in [0.15, 0.2) is 41.3 Å². The minimum atomic E-state index is -2.72. The molecule has 0 aromatic heterocycles. The Hall–Kier alpha value is -2.39. The van der Waals surface area contributed by atoms with Crippen molar-refractivity contribution in [1.82, 2.24) is 0 Å². The van der Waals surface area contributed by atoms with E-state index in [4.69, 9.17) is 16.3 Å². The lowest BCUT2D eigenvalue weighted by Gasteiger charge is -2.12. The predicted octanol–water partition coefficient (Wildman–Crippen LogP) is 4.82. The van der Waals surface area contributed by atoms with Crippen LogP contribution >= 0.6 is 23.4 Å². The monoisotopic (exact) mass is 388 g/mol. The van der Waals surface area contributed by atoms with Crippen molar-refractivity contribution in [3.63, 3.8) is 0 Å². The number of benzene rings is 2. The summed E-state index contributed by atoms with van der Waals surface area (Å²) in [7, 11) is 1.27. The molecule has 1 N–H and O–H groups in total. The molecule has 0 unspecified atom stereocenters. The summed E-state index contributed by atoms with van der Waals surface area (Å²) < 4.78 is 30.2. The third kappa shape index (κ3) is 4.58. The molecule has 0 aliphatic rings. The van der Waals surface area contributed by atoms with Gasteiger partial charge in [-0.05, 0) is 24.3 Å². The van der Waals surface area contributed by atoms with E-state index in [9.17, 15) is 23.7 Å². The summed E-state index contributed by atoms with van der Waals surface area (Å²) >= 11 is 6.09. The highest BCUT2D eigenvalue weighted by Crippen LogP contribution is 2.38. The van der Waals surface area contributed by atoms with Gasteiger partial charge in [0.25, 0.3) is 11.7 Å². The lowest BCUT2D eigenvalue weighted by molar-refractivity contribution is -0.385. The van der Waals surface area contributed by atoms with Crippen molar-refractivity contribution in [2.24, 2.45) is 0 Å². The fraction of sp³-hybridized carbons (Fsp3) is 0.133. The van der Waals surface area contributed by atoms with Gasteiger partial charge in [0.2, 0.25) is 0 Å². The van der Waals surface area contributed by atoms with E-state index in [-0.39, 0.29) is 44.4 Å². The van der Waals surface area contributed by atoms with Crippen LogP contribution < -0.4 is 10.1 Å². The molecular weight excluding hydrogens is 378 g/mol. The van der Waals surface area contributed by atoms with Gasteiger partial charge in [-0.3, -0.25) is 14.9 Å². The van der Waals surface area contributed by atoms with Crippen LogP contribution in [0.4, 0.5) is 20.2 Å². The van der Waals surface area contributed by atoms with Crippen molar-refractivity contribution in [2.45, 2.75) is 10.7 Å². The average molecular weight is 389 g/mol. The van der Waals surface area contributed by atoms with Gasteiger partial charge in [-0.25, -0.2) is 0 Å². The van der Waals surface area contributed by atoms with Crippen LogP contribution in [0.1, 0.15) is 10.4 Å². The fourth-order valence-corrected chi connectivity index (χ4v) is 2.90. The van der Waals surface area contributed by atoms with Gasteiger partial charge in [0.15, 0.2) is 5.75 Å². The van der Waals surface area contributed by atoms with Gasteiger partial charge in [0.1, 0.15) is 0 Å². The summed E-state index contributed by atoms with van der Waals surface area (Å²) in [4.78, 5) is 22.7. The highest BCUT2D eigenvalue weighted by molar-refractivity contribution is 7.99. The second-order valence-electron chi connectivity index (χ2n) is 4.59. The molecule has 25 heavy (non-hydrogen) atoms. The number of anilines is 1. The largest absolute Gasteiger partial charge is 0.490 e. The first-order valence-corrected chi connectivity index (χ1v) is 7.96. The van der Waals surface area contributed by atoms with Crippen LogP contribution in [0.25, 0.3) is 0 Å². The van der Waals surface area contributed by atoms with Crippen LogP contribution in [-0.4, -0.2) is 23.7 Å². The van der Waals surface area contributed by atoms with Crippen molar-refractivity contribution in [3.8, 4) is 5.75 Å². The zero-order chi connectivity index (χ0) is 18.6. The molecule has 2 aromatic carbocycles.